The molecule has 1 aliphatic rings. The number of thiophene rings is 1. The topological polar surface area (TPSA) is 96.1 Å². The molecule has 0 saturated carbocycles. The fraction of sp³-hybridized carbons (Fsp3) is 0.333. The van der Waals surface area contributed by atoms with Crippen LogP contribution in [0.25, 0.3) is 5.78 Å². The van der Waals surface area contributed by atoms with E-state index in [1.807, 2.05) is 6.92 Å². The highest BCUT2D eigenvalue weighted by molar-refractivity contribution is 7.16. The normalized spacial score (nSPS) is 14.0. The maximum Gasteiger partial charge on any atom is 0.254 e. The Labute approximate surface area is 137 Å². The molecule has 0 unspecified atom stereocenters. The lowest BCUT2D eigenvalue weighted by Gasteiger charge is -2.30. The predicted octanol–water partition coefficient (Wildman–Crippen LogP) is 1.82. The summed E-state index contributed by atoms with van der Waals surface area (Å²) in [5.74, 6) is 1.62. The van der Waals surface area contributed by atoms with E-state index in [4.69, 9.17) is 5.73 Å². The van der Waals surface area contributed by atoms with Crippen molar-refractivity contribution < 1.29 is 0 Å². The van der Waals surface area contributed by atoms with Gasteiger partial charge in [-0.3, -0.25) is 0 Å². The van der Waals surface area contributed by atoms with Crippen molar-refractivity contribution >= 4 is 27.9 Å². The lowest BCUT2D eigenvalue weighted by Crippen LogP contribution is -2.32. The molecule has 23 heavy (non-hydrogen) atoms. The molecule has 0 bridgehead atoms. The van der Waals surface area contributed by atoms with Crippen LogP contribution in [0.4, 0.5) is 10.8 Å². The predicted molar refractivity (Wildman–Crippen MR) is 88.5 cm³/mol. The van der Waals surface area contributed by atoms with Crippen LogP contribution in [-0.2, 0) is 13.0 Å². The molecule has 0 amide bonds. The highest BCUT2D eigenvalue weighted by atomic mass is 32.1. The van der Waals surface area contributed by atoms with E-state index in [-0.39, 0.29) is 0 Å². The van der Waals surface area contributed by atoms with Gasteiger partial charge in [-0.1, -0.05) is 0 Å². The molecule has 0 spiro atoms. The Balaban J connectivity index is 1.83. The number of nitrogens with zero attached hydrogens (tertiary/aromatic N) is 6. The van der Waals surface area contributed by atoms with E-state index in [1.165, 1.54) is 17.7 Å². The lowest BCUT2D eigenvalue weighted by molar-refractivity contribution is 0.706. The molecule has 7 nitrogen and oxygen atoms in total. The highest BCUT2D eigenvalue weighted by Crippen LogP contribution is 2.36. The summed E-state index contributed by atoms with van der Waals surface area (Å²) in [7, 11) is 0. The van der Waals surface area contributed by atoms with Gasteiger partial charge in [0.25, 0.3) is 5.78 Å². The van der Waals surface area contributed by atoms with Gasteiger partial charge >= 0.3 is 0 Å². The molecule has 1 aliphatic heterocycles. The van der Waals surface area contributed by atoms with E-state index in [1.54, 1.807) is 4.52 Å². The van der Waals surface area contributed by atoms with Gasteiger partial charge in [-0.25, -0.2) is 4.98 Å². The summed E-state index contributed by atoms with van der Waals surface area (Å²) in [6.07, 6.45) is 2.33. The fourth-order valence-corrected chi connectivity index (χ4v) is 4.20. The third-order valence-corrected chi connectivity index (χ3v) is 5.42. The monoisotopic (exact) mass is 325 g/mol. The van der Waals surface area contributed by atoms with Gasteiger partial charge in [0, 0.05) is 22.7 Å². The van der Waals surface area contributed by atoms with E-state index < -0.39 is 0 Å². The second-order valence-electron chi connectivity index (χ2n) is 5.64. The van der Waals surface area contributed by atoms with Crippen LogP contribution in [0.15, 0.2) is 6.33 Å². The highest BCUT2D eigenvalue weighted by Gasteiger charge is 2.26. The largest absolute Gasteiger partial charge is 0.389 e. The number of rotatable bonds is 1. The number of hydrogen-bond acceptors (Lipinski definition) is 7. The molecular formula is C15H15N7S. The van der Waals surface area contributed by atoms with E-state index >= 15 is 0 Å². The standard InChI is InChI=1S/C15H15N7S/c1-8-9(2)20-15-18-7-19-22(15)14(8)21-4-3-10-11(5-16)13(17)23-12(10)6-21/h7H,3-4,6,17H2,1-2H3. The summed E-state index contributed by atoms with van der Waals surface area (Å²) in [6.45, 7) is 5.58. The smallest absolute Gasteiger partial charge is 0.254 e. The molecule has 0 radical (unpaired) electrons. The molecule has 0 aromatic carbocycles. The van der Waals surface area contributed by atoms with Crippen molar-refractivity contribution in [2.75, 3.05) is 17.2 Å². The van der Waals surface area contributed by atoms with E-state index in [0.717, 1.165) is 47.0 Å². The van der Waals surface area contributed by atoms with Gasteiger partial charge < -0.3 is 10.6 Å². The fourth-order valence-electron chi connectivity index (χ4n) is 3.11. The molecule has 8 heteroatoms. The summed E-state index contributed by atoms with van der Waals surface area (Å²) in [4.78, 5) is 12.1. The second-order valence-corrected chi connectivity index (χ2v) is 6.78. The third-order valence-electron chi connectivity index (χ3n) is 4.37. The SMILES string of the molecule is Cc1nc2ncnn2c(N2CCc3c(sc(N)c3C#N)C2)c1C. The number of nitriles is 1. The van der Waals surface area contributed by atoms with Crippen molar-refractivity contribution in [2.24, 2.45) is 0 Å². The van der Waals surface area contributed by atoms with Crippen molar-refractivity contribution in [1.82, 2.24) is 19.6 Å². The van der Waals surface area contributed by atoms with Crippen LogP contribution < -0.4 is 10.6 Å². The number of fused-ring (bicyclic) bond motifs is 2. The van der Waals surface area contributed by atoms with Crippen molar-refractivity contribution in [3.8, 4) is 6.07 Å². The molecule has 0 atom stereocenters. The first-order chi connectivity index (χ1) is 11.1. The van der Waals surface area contributed by atoms with Crippen molar-refractivity contribution in [3.05, 3.63) is 33.6 Å². The zero-order chi connectivity index (χ0) is 16.1. The number of anilines is 2. The third kappa shape index (κ3) is 1.97. The van der Waals surface area contributed by atoms with Gasteiger partial charge in [-0.2, -0.15) is 19.9 Å². The average molecular weight is 325 g/mol. The maximum absolute atomic E-state index is 9.27. The Morgan fingerprint density at radius 1 is 1.39 bits per heavy atom. The number of aryl methyl sites for hydroxylation is 1. The minimum absolute atomic E-state index is 0.609. The summed E-state index contributed by atoms with van der Waals surface area (Å²) in [6, 6.07) is 2.23. The van der Waals surface area contributed by atoms with E-state index in [2.05, 4.69) is 33.0 Å². The van der Waals surface area contributed by atoms with Crippen molar-refractivity contribution in [3.63, 3.8) is 0 Å². The van der Waals surface area contributed by atoms with Crippen molar-refractivity contribution in [2.45, 2.75) is 26.8 Å². The van der Waals surface area contributed by atoms with Gasteiger partial charge in [0.1, 0.15) is 23.2 Å². The molecule has 4 heterocycles. The Kier molecular flexibility index (Phi) is 2.99. The lowest BCUT2D eigenvalue weighted by atomic mass is 10.0. The summed E-state index contributed by atoms with van der Waals surface area (Å²) >= 11 is 1.51. The summed E-state index contributed by atoms with van der Waals surface area (Å²) in [5.41, 5.74) is 9.78. The molecule has 0 fully saturated rings. The first-order valence-corrected chi connectivity index (χ1v) is 8.13. The quantitative estimate of drug-likeness (QED) is 0.733. The molecule has 0 saturated heterocycles. The Bertz CT molecular complexity index is 963. The Morgan fingerprint density at radius 3 is 3.00 bits per heavy atom. The minimum Gasteiger partial charge on any atom is -0.389 e. The van der Waals surface area contributed by atoms with E-state index in [9.17, 15) is 5.26 Å². The number of hydrogen-bond donors (Lipinski definition) is 1. The zero-order valence-electron chi connectivity index (χ0n) is 12.9. The molecule has 2 N–H and O–H groups in total. The Hall–Kier alpha value is -2.66. The van der Waals surface area contributed by atoms with Crippen LogP contribution in [0.5, 0.6) is 0 Å². The minimum atomic E-state index is 0.609. The van der Waals surface area contributed by atoms with Crippen LogP contribution in [0, 0.1) is 25.2 Å². The van der Waals surface area contributed by atoms with Crippen LogP contribution in [0.2, 0.25) is 0 Å². The number of nitrogens with two attached hydrogens (primary N) is 1. The molecule has 3 aromatic heterocycles. The first kappa shape index (κ1) is 14.0. The first-order valence-electron chi connectivity index (χ1n) is 7.32. The van der Waals surface area contributed by atoms with Gasteiger partial charge in [-0.15, -0.1) is 11.3 Å². The summed E-state index contributed by atoms with van der Waals surface area (Å²) < 4.78 is 1.79. The molecule has 4 rings (SSSR count). The van der Waals surface area contributed by atoms with Gasteiger partial charge in [-0.05, 0) is 25.8 Å². The molecule has 116 valence electrons. The van der Waals surface area contributed by atoms with Gasteiger partial charge in [0.05, 0.1) is 12.1 Å². The van der Waals surface area contributed by atoms with Crippen LogP contribution in [0.3, 0.4) is 0 Å². The molecule has 0 aliphatic carbocycles. The summed E-state index contributed by atoms with van der Waals surface area (Å²) in [5, 5.41) is 14.2. The molecule has 3 aromatic rings. The Morgan fingerprint density at radius 2 is 2.22 bits per heavy atom. The van der Waals surface area contributed by atoms with Gasteiger partial charge in [0.15, 0.2) is 0 Å². The van der Waals surface area contributed by atoms with Crippen LogP contribution in [-0.4, -0.2) is 26.1 Å². The number of nitrogen functional groups attached to an aromatic ring is 1. The second kappa shape index (κ2) is 4.93. The molecular weight excluding hydrogens is 310 g/mol. The van der Waals surface area contributed by atoms with Crippen LogP contribution in [0.1, 0.15) is 27.3 Å². The van der Waals surface area contributed by atoms with Crippen molar-refractivity contribution in [1.29, 1.82) is 5.26 Å². The average Bonchev–Trinajstić information content (AvgIpc) is 3.10. The van der Waals surface area contributed by atoms with Gasteiger partial charge in [0.2, 0.25) is 0 Å². The van der Waals surface area contributed by atoms with E-state index in [0.29, 0.717) is 16.3 Å². The number of aromatic nitrogens is 4. The maximum atomic E-state index is 9.27. The van der Waals surface area contributed by atoms with Crippen LogP contribution >= 0.6 is 11.3 Å². The zero-order valence-corrected chi connectivity index (χ0v) is 13.7.